The summed E-state index contributed by atoms with van der Waals surface area (Å²) >= 11 is 0. The Kier molecular flexibility index (Phi) is 5.23. The third-order valence-electron chi connectivity index (χ3n) is 4.26. The minimum Gasteiger partial charge on any atom is -0.375 e. The summed E-state index contributed by atoms with van der Waals surface area (Å²) in [6.45, 7) is 5.09. The van der Waals surface area contributed by atoms with E-state index in [1.165, 1.54) is 5.56 Å². The van der Waals surface area contributed by atoms with Gasteiger partial charge in [0.05, 0.1) is 12.1 Å². The minimum atomic E-state index is 0.00614. The van der Waals surface area contributed by atoms with Crippen molar-refractivity contribution in [1.29, 1.82) is 0 Å². The van der Waals surface area contributed by atoms with Crippen molar-refractivity contribution in [3.63, 3.8) is 0 Å². The zero-order valence-electron chi connectivity index (χ0n) is 14.4. The fourth-order valence-electron chi connectivity index (χ4n) is 2.94. The smallest absolute Gasteiger partial charge is 0.160 e. The van der Waals surface area contributed by atoms with Gasteiger partial charge in [0.25, 0.3) is 0 Å². The molecule has 0 bridgehead atoms. The maximum absolute atomic E-state index is 5.67. The van der Waals surface area contributed by atoms with Crippen molar-refractivity contribution in [3.05, 3.63) is 66.1 Å². The molecule has 1 N–H and O–H groups in total. The van der Waals surface area contributed by atoms with E-state index in [-0.39, 0.29) is 12.1 Å². The largest absolute Gasteiger partial charge is 0.375 e. The van der Waals surface area contributed by atoms with Crippen LogP contribution in [0.2, 0.25) is 0 Å². The zero-order valence-corrected chi connectivity index (χ0v) is 14.4. The van der Waals surface area contributed by atoms with E-state index in [0.29, 0.717) is 12.5 Å². The van der Waals surface area contributed by atoms with E-state index in [1.807, 2.05) is 47.0 Å². The van der Waals surface area contributed by atoms with Crippen LogP contribution in [0.5, 0.6) is 0 Å². The lowest BCUT2D eigenvalue weighted by Crippen LogP contribution is -2.31. The molecule has 3 rings (SSSR count). The van der Waals surface area contributed by atoms with Gasteiger partial charge in [-0.05, 0) is 23.6 Å². The van der Waals surface area contributed by atoms with E-state index >= 15 is 0 Å². The molecule has 2 unspecified atom stereocenters. The van der Waals surface area contributed by atoms with Gasteiger partial charge in [-0.25, -0.2) is 0 Å². The van der Waals surface area contributed by atoms with Gasteiger partial charge in [-0.3, -0.25) is 4.40 Å². The lowest BCUT2D eigenvalue weighted by Gasteiger charge is -2.24. The molecule has 0 radical (unpaired) electrons. The van der Waals surface area contributed by atoms with Crippen LogP contribution >= 0.6 is 0 Å². The highest BCUT2D eigenvalue weighted by atomic mass is 16.5. The third kappa shape index (κ3) is 3.47. The van der Waals surface area contributed by atoms with E-state index in [0.717, 1.165) is 11.5 Å². The second kappa shape index (κ2) is 7.55. The third-order valence-corrected chi connectivity index (χ3v) is 4.26. The number of aromatic nitrogens is 3. The molecule has 5 nitrogen and oxygen atoms in total. The maximum Gasteiger partial charge on any atom is 0.160 e. The van der Waals surface area contributed by atoms with Crippen LogP contribution in [0, 0.1) is 5.92 Å². The van der Waals surface area contributed by atoms with Crippen LogP contribution in [-0.4, -0.2) is 28.3 Å². The molecule has 0 fully saturated rings. The number of nitrogens with one attached hydrogen (secondary N) is 1. The Labute approximate surface area is 142 Å². The summed E-state index contributed by atoms with van der Waals surface area (Å²) in [5, 5.41) is 12.3. The number of benzene rings is 1. The van der Waals surface area contributed by atoms with Gasteiger partial charge < -0.3 is 10.1 Å². The Bertz CT molecular complexity index is 769. The van der Waals surface area contributed by atoms with Crippen molar-refractivity contribution < 1.29 is 4.74 Å². The molecule has 0 amide bonds. The molecular weight excluding hydrogens is 300 g/mol. The minimum absolute atomic E-state index is 0.00614. The van der Waals surface area contributed by atoms with Crippen LogP contribution in [0.1, 0.15) is 37.4 Å². The predicted molar refractivity (Wildman–Crippen MR) is 94.8 cm³/mol. The fraction of sp³-hybridized carbons (Fsp3) is 0.368. The molecule has 126 valence electrons. The molecule has 0 spiro atoms. The molecule has 2 aromatic heterocycles. The summed E-state index contributed by atoms with van der Waals surface area (Å²) < 4.78 is 7.71. The first-order chi connectivity index (χ1) is 11.7. The summed E-state index contributed by atoms with van der Waals surface area (Å²) in [6.07, 6.45) is 2.01. The number of hydrogen-bond acceptors (Lipinski definition) is 4. The molecule has 0 saturated carbocycles. The normalized spacial score (nSPS) is 14.2. The summed E-state index contributed by atoms with van der Waals surface area (Å²) in [5.74, 6) is 1.31. The van der Waals surface area contributed by atoms with Gasteiger partial charge in [0, 0.05) is 19.9 Å². The van der Waals surface area contributed by atoms with E-state index in [9.17, 15) is 0 Å². The number of methoxy groups -OCH3 is 1. The summed E-state index contributed by atoms with van der Waals surface area (Å²) in [6, 6.07) is 16.3. The monoisotopic (exact) mass is 324 g/mol. The molecule has 2 heterocycles. The highest BCUT2D eigenvalue weighted by Crippen LogP contribution is 2.23. The van der Waals surface area contributed by atoms with Gasteiger partial charge in [0.1, 0.15) is 0 Å². The van der Waals surface area contributed by atoms with Gasteiger partial charge in [-0.1, -0.05) is 50.2 Å². The first-order valence-electron chi connectivity index (χ1n) is 8.31. The van der Waals surface area contributed by atoms with Crippen molar-refractivity contribution in [1.82, 2.24) is 19.9 Å². The average molecular weight is 324 g/mol. The number of pyridine rings is 1. The highest BCUT2D eigenvalue weighted by Gasteiger charge is 2.22. The van der Waals surface area contributed by atoms with Gasteiger partial charge in [-0.15, -0.1) is 10.2 Å². The standard InChI is InChI=1S/C19H24N4O/c1-14(2)18(19-22-21-17-11-7-8-12-23(17)19)20-13-16(24-3)15-9-5-4-6-10-15/h4-12,14,16,18,20H,13H2,1-3H3. The van der Waals surface area contributed by atoms with Crippen molar-refractivity contribution in [2.24, 2.45) is 5.92 Å². The van der Waals surface area contributed by atoms with Crippen LogP contribution in [0.15, 0.2) is 54.7 Å². The molecule has 24 heavy (non-hydrogen) atoms. The van der Waals surface area contributed by atoms with Crippen LogP contribution in [0.3, 0.4) is 0 Å². The lowest BCUT2D eigenvalue weighted by molar-refractivity contribution is 0.0969. The van der Waals surface area contributed by atoms with Gasteiger partial charge in [0.15, 0.2) is 11.5 Å². The molecule has 0 aliphatic heterocycles. The molecule has 0 saturated heterocycles. The van der Waals surface area contributed by atoms with E-state index in [2.05, 4.69) is 41.5 Å². The first kappa shape index (κ1) is 16.6. The molecule has 3 aromatic rings. The number of hydrogen-bond donors (Lipinski definition) is 1. The number of nitrogens with zero attached hydrogens (tertiary/aromatic N) is 3. The Morgan fingerprint density at radius 2 is 1.79 bits per heavy atom. The second-order valence-corrected chi connectivity index (χ2v) is 6.25. The SMILES string of the molecule is COC(CNC(c1nnc2ccccn12)C(C)C)c1ccccc1. The van der Waals surface area contributed by atoms with Crippen molar-refractivity contribution in [3.8, 4) is 0 Å². The fourth-order valence-corrected chi connectivity index (χ4v) is 2.94. The summed E-state index contributed by atoms with van der Waals surface area (Å²) in [4.78, 5) is 0. The van der Waals surface area contributed by atoms with Gasteiger partial charge in [0.2, 0.25) is 0 Å². The van der Waals surface area contributed by atoms with Gasteiger partial charge in [-0.2, -0.15) is 0 Å². The van der Waals surface area contributed by atoms with Gasteiger partial charge >= 0.3 is 0 Å². The number of ether oxygens (including phenoxy) is 1. The quantitative estimate of drug-likeness (QED) is 0.724. The van der Waals surface area contributed by atoms with E-state index in [1.54, 1.807) is 7.11 Å². The molecule has 1 aromatic carbocycles. The molecule has 0 aliphatic rings. The Morgan fingerprint density at radius 3 is 2.50 bits per heavy atom. The van der Waals surface area contributed by atoms with Crippen molar-refractivity contribution >= 4 is 5.65 Å². The van der Waals surface area contributed by atoms with Crippen molar-refractivity contribution in [2.45, 2.75) is 26.0 Å². The Hall–Kier alpha value is -2.24. The number of fused-ring (bicyclic) bond motifs is 1. The molecular formula is C19H24N4O. The number of rotatable bonds is 7. The zero-order chi connectivity index (χ0) is 16.9. The molecule has 0 aliphatic carbocycles. The van der Waals surface area contributed by atoms with Crippen LogP contribution in [0.25, 0.3) is 5.65 Å². The van der Waals surface area contributed by atoms with Crippen LogP contribution in [0.4, 0.5) is 0 Å². The lowest BCUT2D eigenvalue weighted by atomic mass is 10.0. The highest BCUT2D eigenvalue weighted by molar-refractivity contribution is 5.37. The first-order valence-corrected chi connectivity index (χ1v) is 8.31. The predicted octanol–water partition coefficient (Wildman–Crippen LogP) is 3.40. The summed E-state index contributed by atoms with van der Waals surface area (Å²) in [5.41, 5.74) is 2.03. The molecule has 2 atom stereocenters. The molecule has 5 heteroatoms. The van der Waals surface area contributed by atoms with Crippen molar-refractivity contribution in [2.75, 3.05) is 13.7 Å². The van der Waals surface area contributed by atoms with Crippen LogP contribution in [-0.2, 0) is 4.74 Å². The maximum atomic E-state index is 5.67. The topological polar surface area (TPSA) is 51.5 Å². The van der Waals surface area contributed by atoms with Crippen LogP contribution < -0.4 is 5.32 Å². The summed E-state index contributed by atoms with van der Waals surface area (Å²) in [7, 11) is 1.75. The Morgan fingerprint density at radius 1 is 1.04 bits per heavy atom. The second-order valence-electron chi connectivity index (χ2n) is 6.25. The average Bonchev–Trinajstić information content (AvgIpc) is 3.03. The van der Waals surface area contributed by atoms with E-state index < -0.39 is 0 Å². The van der Waals surface area contributed by atoms with E-state index in [4.69, 9.17) is 4.74 Å². The Balaban J connectivity index is 1.79.